The van der Waals surface area contributed by atoms with Crippen LogP contribution in [0.4, 0.5) is 5.95 Å². The van der Waals surface area contributed by atoms with E-state index >= 15 is 0 Å². The number of H-pyrrole nitrogens is 1. The topological polar surface area (TPSA) is 199 Å². The molecule has 0 unspecified atom stereocenters. The Labute approximate surface area is 241 Å². The molecule has 5 atom stereocenters. The maximum absolute atomic E-state index is 12.2. The van der Waals surface area contributed by atoms with Crippen molar-refractivity contribution < 1.29 is 33.8 Å². The van der Waals surface area contributed by atoms with Gasteiger partial charge in [-0.25, -0.2) is 4.98 Å². The van der Waals surface area contributed by atoms with Crippen molar-refractivity contribution in [3.05, 3.63) is 58.7 Å². The molecule has 0 aliphatic carbocycles. The summed E-state index contributed by atoms with van der Waals surface area (Å²) < 4.78 is 24.6. The molecule has 1 aliphatic rings. The largest absolute Gasteiger partial charge is 0.463 e. The van der Waals surface area contributed by atoms with Gasteiger partial charge < -0.3 is 44.7 Å². The number of para-hydroxylation sites is 1. The second-order valence-electron chi connectivity index (χ2n) is 11.1. The number of nitrogens with zero attached hydrogens (tertiary/aromatic N) is 3. The summed E-state index contributed by atoms with van der Waals surface area (Å²) in [6.07, 6.45) is -2.56. The quantitative estimate of drug-likeness (QED) is 0.144. The molecule has 1 saturated heterocycles. The third-order valence-corrected chi connectivity index (χ3v) is 7.78. The van der Waals surface area contributed by atoms with Crippen LogP contribution in [-0.4, -0.2) is 65.6 Å². The van der Waals surface area contributed by atoms with Gasteiger partial charge in [0.1, 0.15) is 23.6 Å². The molecular formula is C25H35N6O8PS. The molecule has 224 valence electrons. The third-order valence-electron chi connectivity index (χ3n) is 6.08. The number of nitrogen functional groups attached to an aromatic ring is 1. The first kappa shape index (κ1) is 30.9. The number of aliphatic hydroxyl groups excluding tert-OH is 1. The van der Waals surface area contributed by atoms with Gasteiger partial charge in [0.2, 0.25) is 5.95 Å². The molecular weight excluding hydrogens is 575 g/mol. The van der Waals surface area contributed by atoms with Crippen molar-refractivity contribution in [2.45, 2.75) is 58.7 Å². The number of aromatic nitrogens is 4. The molecule has 16 heteroatoms. The first-order valence-electron chi connectivity index (χ1n) is 12.7. The number of hydrogen-bond acceptors (Lipinski definition) is 11. The van der Waals surface area contributed by atoms with E-state index in [1.807, 2.05) is 39.0 Å². The summed E-state index contributed by atoms with van der Waals surface area (Å²) in [5.74, 6) is 0.470. The van der Waals surface area contributed by atoms with Gasteiger partial charge in [-0.15, -0.1) is 0 Å². The minimum atomic E-state index is -3.73. The monoisotopic (exact) mass is 610 g/mol. The number of ether oxygens (including phenoxy) is 3. The van der Waals surface area contributed by atoms with Gasteiger partial charge in [0, 0.05) is 0 Å². The molecule has 0 radical (unpaired) electrons. The maximum Gasteiger partial charge on any atom is 0.304 e. The van der Waals surface area contributed by atoms with Crippen LogP contribution in [0.5, 0.6) is 5.75 Å². The highest BCUT2D eigenvalue weighted by molar-refractivity contribution is 8.08. The number of benzene rings is 1. The smallest absolute Gasteiger partial charge is 0.304 e. The zero-order valence-corrected chi connectivity index (χ0v) is 25.0. The fourth-order valence-electron chi connectivity index (χ4n) is 4.05. The molecule has 7 N–H and O–H groups in total. The Bertz CT molecular complexity index is 1520. The highest BCUT2D eigenvalue weighted by atomic mass is 32.5. The Morgan fingerprint density at radius 2 is 2.02 bits per heavy atom. The molecule has 0 saturated carbocycles. The predicted octanol–water partition coefficient (Wildman–Crippen LogP) is 1.86. The van der Waals surface area contributed by atoms with Crippen molar-refractivity contribution in [3.63, 3.8) is 0 Å². The minimum Gasteiger partial charge on any atom is -0.463 e. The summed E-state index contributed by atoms with van der Waals surface area (Å²) in [6, 6.07) is 8.97. The minimum absolute atomic E-state index is 0.0210. The van der Waals surface area contributed by atoms with Crippen molar-refractivity contribution >= 4 is 35.6 Å². The molecule has 1 fully saturated rings. The van der Waals surface area contributed by atoms with Gasteiger partial charge >= 0.3 is 5.95 Å². The number of rotatable bonds is 10. The highest BCUT2D eigenvalue weighted by Crippen LogP contribution is 2.44. The number of fused-ring (bicyclic) bond motifs is 1. The van der Waals surface area contributed by atoms with E-state index in [0.717, 1.165) is 0 Å². The molecule has 3 heterocycles. The second kappa shape index (κ2) is 11.7. The van der Waals surface area contributed by atoms with Crippen LogP contribution in [0.3, 0.4) is 0 Å². The molecule has 41 heavy (non-hydrogen) atoms. The first-order valence-corrected chi connectivity index (χ1v) is 15.3. The number of nitrogens with one attached hydrogen (secondary N) is 2. The summed E-state index contributed by atoms with van der Waals surface area (Å²) >= 11 is 5.30. The Morgan fingerprint density at radius 1 is 1.34 bits per heavy atom. The standard InChI is InChI=1S/C25H35N6O8PS/c1-14(21(36-12-24(2,3)4)38-15-9-7-6-8-10-15)30-40(35,41)37-11-16-18(32)25(5,34)22(39-16)31-13-27-17-19(31)28-23(26)29-20(17)33/h6-10,13,16,18,22,32,34H,11-12H2,1-5H3,(H2,30,35,41)(H3,26,28,29,33)/t16-,18-,22-,25-,40+/m1/s1. The number of nitrogens with two attached hydrogens (primary N) is 1. The molecule has 0 spiro atoms. The van der Waals surface area contributed by atoms with Gasteiger partial charge in [-0.2, -0.15) is 4.98 Å². The van der Waals surface area contributed by atoms with Crippen molar-refractivity contribution in [2.75, 3.05) is 18.9 Å². The maximum atomic E-state index is 12.2. The Balaban J connectivity index is 1.49. The normalized spacial score (nSPS) is 25.0. The predicted molar refractivity (Wildman–Crippen MR) is 154 cm³/mol. The molecule has 2 aromatic heterocycles. The summed E-state index contributed by atoms with van der Waals surface area (Å²) in [7, 11) is 0. The first-order chi connectivity index (χ1) is 19.1. The van der Waals surface area contributed by atoms with Gasteiger partial charge in [0.25, 0.3) is 12.2 Å². The third kappa shape index (κ3) is 7.25. The molecule has 1 aliphatic heterocycles. The van der Waals surface area contributed by atoms with E-state index in [2.05, 4.69) is 20.0 Å². The number of imidazole rings is 1. The van der Waals surface area contributed by atoms with E-state index < -0.39 is 36.2 Å². The fraction of sp³-hybridized carbons (Fsp3) is 0.480. The number of aliphatic hydroxyl groups is 2. The van der Waals surface area contributed by atoms with Crippen LogP contribution in [0, 0.1) is 5.41 Å². The molecule has 1 aromatic carbocycles. The van der Waals surface area contributed by atoms with E-state index in [1.54, 1.807) is 19.1 Å². The number of anilines is 1. The summed E-state index contributed by atoms with van der Waals surface area (Å²) in [4.78, 5) is 33.5. The van der Waals surface area contributed by atoms with Gasteiger partial charge in [0.05, 0.1) is 25.2 Å². The van der Waals surface area contributed by atoms with Gasteiger partial charge in [-0.1, -0.05) is 39.0 Å². The Kier molecular flexibility index (Phi) is 8.81. The summed E-state index contributed by atoms with van der Waals surface area (Å²) in [6.45, 7) is 5.18. The Hall–Kier alpha value is -3.04. The Morgan fingerprint density at radius 3 is 2.68 bits per heavy atom. The number of aromatic amines is 1. The zero-order chi connectivity index (χ0) is 30.2. The van der Waals surface area contributed by atoms with Crippen LogP contribution in [0.15, 0.2) is 53.1 Å². The van der Waals surface area contributed by atoms with Crippen molar-refractivity contribution in [3.8, 4) is 5.75 Å². The van der Waals surface area contributed by atoms with E-state index in [-0.39, 0.29) is 35.1 Å². The number of allylic oxidation sites excluding steroid dienone is 1. The van der Waals surface area contributed by atoms with E-state index in [1.165, 1.54) is 17.8 Å². The van der Waals surface area contributed by atoms with E-state index in [4.69, 9.17) is 36.3 Å². The second-order valence-corrected chi connectivity index (χ2v) is 14.1. The lowest BCUT2D eigenvalue weighted by Crippen LogP contribution is -2.44. The summed E-state index contributed by atoms with van der Waals surface area (Å²) in [5, 5.41) is 24.7. The van der Waals surface area contributed by atoms with Crippen molar-refractivity contribution in [1.82, 2.24) is 24.6 Å². The lowest BCUT2D eigenvalue weighted by molar-refractivity contribution is -0.0947. The highest BCUT2D eigenvalue weighted by Gasteiger charge is 2.54. The lowest BCUT2D eigenvalue weighted by atomic mass is 9.96. The molecule has 3 aromatic rings. The van der Waals surface area contributed by atoms with Gasteiger partial charge in [-0.3, -0.25) is 14.3 Å². The van der Waals surface area contributed by atoms with Gasteiger partial charge in [0.15, 0.2) is 17.4 Å². The lowest BCUT2D eigenvalue weighted by Gasteiger charge is -2.27. The molecule has 14 nitrogen and oxygen atoms in total. The molecule has 0 amide bonds. The van der Waals surface area contributed by atoms with E-state index in [9.17, 15) is 19.9 Å². The van der Waals surface area contributed by atoms with Crippen LogP contribution >= 0.6 is 6.64 Å². The van der Waals surface area contributed by atoms with Crippen LogP contribution in [0.25, 0.3) is 11.2 Å². The zero-order valence-electron chi connectivity index (χ0n) is 23.3. The van der Waals surface area contributed by atoms with Crippen LogP contribution in [-0.2, 0) is 25.8 Å². The average molecular weight is 611 g/mol. The molecule has 0 bridgehead atoms. The van der Waals surface area contributed by atoms with Crippen LogP contribution in [0.2, 0.25) is 0 Å². The average Bonchev–Trinajstić information content (AvgIpc) is 3.38. The van der Waals surface area contributed by atoms with Crippen molar-refractivity contribution in [1.29, 1.82) is 0 Å². The van der Waals surface area contributed by atoms with Gasteiger partial charge in [-0.05, 0) is 43.2 Å². The summed E-state index contributed by atoms with van der Waals surface area (Å²) in [5.41, 5.74) is 3.39. The fourth-order valence-corrected chi connectivity index (χ4v) is 5.57. The SMILES string of the molecule is CC(N[P@@](O)(=S)OC[C@H]1O[C@@H](n2cnc3c(=O)[nH]c(N)nc32)[C@](C)(O)[C@@H]1O)=C(OCC(C)(C)C)Oc1ccccc1. The van der Waals surface area contributed by atoms with Crippen LogP contribution < -0.4 is 21.1 Å². The molecule has 4 rings (SSSR count). The van der Waals surface area contributed by atoms with E-state index in [0.29, 0.717) is 18.1 Å². The van der Waals surface area contributed by atoms with Crippen LogP contribution in [0.1, 0.15) is 40.8 Å². The van der Waals surface area contributed by atoms with Crippen molar-refractivity contribution in [2.24, 2.45) is 5.41 Å². The number of hydrogen-bond donors (Lipinski definition) is 6.